The van der Waals surface area contributed by atoms with E-state index in [9.17, 15) is 9.18 Å². The topological polar surface area (TPSA) is 41.1 Å². The minimum absolute atomic E-state index is 0.0758. The summed E-state index contributed by atoms with van der Waals surface area (Å²) in [6.45, 7) is 5.59. The predicted molar refractivity (Wildman–Crippen MR) is 79.2 cm³/mol. The number of hydrogen-bond acceptors (Lipinski definition) is 2. The molecule has 2 rings (SSSR count). The summed E-state index contributed by atoms with van der Waals surface area (Å²) < 4.78 is 13.3. The third-order valence-corrected chi connectivity index (χ3v) is 4.19. The number of carbonyl (C=O) groups is 1. The van der Waals surface area contributed by atoms with E-state index in [0.29, 0.717) is 11.3 Å². The quantitative estimate of drug-likeness (QED) is 0.887. The zero-order valence-electron chi connectivity index (χ0n) is 12.3. The lowest BCUT2D eigenvalue weighted by Crippen LogP contribution is -2.44. The van der Waals surface area contributed by atoms with Crippen molar-refractivity contribution in [2.75, 3.05) is 18.4 Å². The van der Waals surface area contributed by atoms with Gasteiger partial charge in [-0.2, -0.15) is 0 Å². The summed E-state index contributed by atoms with van der Waals surface area (Å²) >= 11 is 0. The summed E-state index contributed by atoms with van der Waals surface area (Å²) in [5, 5.41) is 6.28. The maximum Gasteiger partial charge on any atom is 0.230 e. The molecule has 1 amide bonds. The second-order valence-corrected chi connectivity index (χ2v) is 5.70. The second-order valence-electron chi connectivity index (χ2n) is 5.70. The van der Waals surface area contributed by atoms with Gasteiger partial charge in [-0.25, -0.2) is 4.39 Å². The molecule has 1 aliphatic heterocycles. The highest BCUT2D eigenvalue weighted by Crippen LogP contribution is 2.35. The highest BCUT2D eigenvalue weighted by atomic mass is 19.1. The summed E-state index contributed by atoms with van der Waals surface area (Å²) in [6.07, 6.45) is 3.64. The van der Waals surface area contributed by atoms with E-state index in [1.54, 1.807) is 19.1 Å². The molecule has 0 aromatic heterocycles. The molecule has 1 aromatic rings. The van der Waals surface area contributed by atoms with Gasteiger partial charge in [-0.3, -0.25) is 4.79 Å². The van der Waals surface area contributed by atoms with Crippen LogP contribution in [-0.2, 0) is 4.79 Å². The number of benzene rings is 1. The van der Waals surface area contributed by atoms with Crippen LogP contribution in [0.4, 0.5) is 10.1 Å². The second kappa shape index (κ2) is 6.35. The van der Waals surface area contributed by atoms with Gasteiger partial charge in [0.15, 0.2) is 0 Å². The molecule has 110 valence electrons. The number of halogens is 1. The van der Waals surface area contributed by atoms with Crippen LogP contribution < -0.4 is 10.6 Å². The molecule has 0 unspecified atom stereocenters. The number of hydrogen-bond donors (Lipinski definition) is 2. The van der Waals surface area contributed by atoms with Gasteiger partial charge in [0.1, 0.15) is 5.82 Å². The summed E-state index contributed by atoms with van der Waals surface area (Å²) in [7, 11) is 0. The summed E-state index contributed by atoms with van der Waals surface area (Å²) in [6, 6.07) is 4.72. The van der Waals surface area contributed by atoms with Crippen LogP contribution in [0.3, 0.4) is 0 Å². The first kappa shape index (κ1) is 15.0. The molecule has 4 heteroatoms. The molecule has 20 heavy (non-hydrogen) atoms. The number of rotatable bonds is 4. The van der Waals surface area contributed by atoms with Gasteiger partial charge in [0.05, 0.1) is 5.41 Å². The number of piperidine rings is 1. The van der Waals surface area contributed by atoms with Crippen LogP contribution in [0.5, 0.6) is 0 Å². The fourth-order valence-electron chi connectivity index (χ4n) is 2.96. The van der Waals surface area contributed by atoms with E-state index in [2.05, 4.69) is 17.6 Å². The number of nitrogens with one attached hydrogen (secondary N) is 2. The van der Waals surface area contributed by atoms with Gasteiger partial charge >= 0.3 is 0 Å². The molecule has 2 N–H and O–H groups in total. The number of aryl methyl sites for hydroxylation is 1. The van der Waals surface area contributed by atoms with Crippen molar-refractivity contribution in [2.45, 2.75) is 39.5 Å². The van der Waals surface area contributed by atoms with E-state index in [-0.39, 0.29) is 17.1 Å². The molecule has 1 heterocycles. The smallest absolute Gasteiger partial charge is 0.230 e. The average Bonchev–Trinajstić information content (AvgIpc) is 2.44. The maximum atomic E-state index is 13.3. The SMILES string of the molecule is CCCC1(C(=O)Nc2ccc(F)c(C)c2)CCNCC1. The summed E-state index contributed by atoms with van der Waals surface area (Å²) in [5.41, 5.74) is 0.961. The lowest BCUT2D eigenvalue weighted by molar-refractivity contribution is -0.127. The Hall–Kier alpha value is -1.42. The van der Waals surface area contributed by atoms with Gasteiger partial charge in [0.2, 0.25) is 5.91 Å². The molecule has 0 bridgehead atoms. The van der Waals surface area contributed by atoms with Crippen molar-refractivity contribution in [1.82, 2.24) is 5.32 Å². The molecule has 0 spiro atoms. The molecule has 1 aliphatic rings. The van der Waals surface area contributed by atoms with Crippen LogP contribution in [0.25, 0.3) is 0 Å². The largest absolute Gasteiger partial charge is 0.326 e. The third kappa shape index (κ3) is 3.18. The fraction of sp³-hybridized carbons (Fsp3) is 0.562. The Morgan fingerprint density at radius 2 is 2.10 bits per heavy atom. The molecule has 0 aliphatic carbocycles. The Morgan fingerprint density at radius 3 is 2.70 bits per heavy atom. The van der Waals surface area contributed by atoms with E-state index in [4.69, 9.17) is 0 Å². The Bertz CT molecular complexity index is 476. The molecule has 0 radical (unpaired) electrons. The normalized spacial score (nSPS) is 17.8. The van der Waals surface area contributed by atoms with E-state index in [1.807, 2.05) is 0 Å². The Kier molecular flexibility index (Phi) is 4.76. The van der Waals surface area contributed by atoms with Gasteiger partial charge in [-0.15, -0.1) is 0 Å². The molecule has 1 saturated heterocycles. The molecule has 1 fully saturated rings. The standard InChI is InChI=1S/C16H23FN2O/c1-3-6-16(7-9-18-10-8-16)15(20)19-13-4-5-14(17)12(2)11-13/h4-5,11,18H,3,6-10H2,1-2H3,(H,19,20). The van der Waals surface area contributed by atoms with Crippen LogP contribution >= 0.6 is 0 Å². The number of amides is 1. The number of carbonyl (C=O) groups excluding carboxylic acids is 1. The molecular formula is C16H23FN2O. The minimum Gasteiger partial charge on any atom is -0.326 e. The number of anilines is 1. The van der Waals surface area contributed by atoms with Crippen LogP contribution in [0, 0.1) is 18.2 Å². The van der Waals surface area contributed by atoms with Crippen molar-refractivity contribution in [3.63, 3.8) is 0 Å². The van der Waals surface area contributed by atoms with Gasteiger partial charge in [-0.1, -0.05) is 13.3 Å². The van der Waals surface area contributed by atoms with Gasteiger partial charge in [-0.05, 0) is 63.0 Å². The zero-order valence-corrected chi connectivity index (χ0v) is 12.3. The summed E-state index contributed by atoms with van der Waals surface area (Å²) in [4.78, 5) is 12.6. The van der Waals surface area contributed by atoms with Crippen LogP contribution in [0.1, 0.15) is 38.2 Å². The van der Waals surface area contributed by atoms with Crippen molar-refractivity contribution in [3.05, 3.63) is 29.6 Å². The van der Waals surface area contributed by atoms with Crippen molar-refractivity contribution in [2.24, 2.45) is 5.41 Å². The van der Waals surface area contributed by atoms with Crippen LogP contribution in [0.2, 0.25) is 0 Å². The van der Waals surface area contributed by atoms with Crippen molar-refractivity contribution < 1.29 is 9.18 Å². The van der Waals surface area contributed by atoms with Crippen molar-refractivity contribution >= 4 is 11.6 Å². The van der Waals surface area contributed by atoms with Gasteiger partial charge in [0.25, 0.3) is 0 Å². The lowest BCUT2D eigenvalue weighted by Gasteiger charge is -2.36. The first-order valence-corrected chi connectivity index (χ1v) is 7.36. The lowest BCUT2D eigenvalue weighted by atomic mass is 9.74. The average molecular weight is 278 g/mol. The summed E-state index contributed by atoms with van der Waals surface area (Å²) in [5.74, 6) is -0.167. The third-order valence-electron chi connectivity index (χ3n) is 4.19. The molecule has 0 atom stereocenters. The van der Waals surface area contributed by atoms with E-state index in [1.165, 1.54) is 6.07 Å². The Balaban J connectivity index is 2.13. The maximum absolute atomic E-state index is 13.3. The zero-order chi connectivity index (χ0) is 14.6. The van der Waals surface area contributed by atoms with Crippen LogP contribution in [-0.4, -0.2) is 19.0 Å². The molecular weight excluding hydrogens is 255 g/mol. The van der Waals surface area contributed by atoms with E-state index in [0.717, 1.165) is 38.8 Å². The fourth-order valence-corrected chi connectivity index (χ4v) is 2.96. The predicted octanol–water partition coefficient (Wildman–Crippen LogP) is 3.24. The van der Waals surface area contributed by atoms with E-state index >= 15 is 0 Å². The minimum atomic E-state index is -0.276. The monoisotopic (exact) mass is 278 g/mol. The highest BCUT2D eigenvalue weighted by Gasteiger charge is 2.38. The Labute approximate surface area is 120 Å². The first-order chi connectivity index (χ1) is 9.57. The molecule has 1 aromatic carbocycles. The Morgan fingerprint density at radius 1 is 1.40 bits per heavy atom. The van der Waals surface area contributed by atoms with Crippen molar-refractivity contribution in [1.29, 1.82) is 0 Å². The van der Waals surface area contributed by atoms with Crippen LogP contribution in [0.15, 0.2) is 18.2 Å². The van der Waals surface area contributed by atoms with Crippen molar-refractivity contribution in [3.8, 4) is 0 Å². The highest BCUT2D eigenvalue weighted by molar-refractivity contribution is 5.95. The first-order valence-electron chi connectivity index (χ1n) is 7.36. The van der Waals surface area contributed by atoms with Gasteiger partial charge < -0.3 is 10.6 Å². The van der Waals surface area contributed by atoms with Gasteiger partial charge in [0, 0.05) is 5.69 Å². The molecule has 0 saturated carbocycles. The molecule has 3 nitrogen and oxygen atoms in total. The van der Waals surface area contributed by atoms with E-state index < -0.39 is 0 Å².